The largest absolute Gasteiger partial charge is 0.350 e. The van der Waals surface area contributed by atoms with Gasteiger partial charge in [0, 0.05) is 37.9 Å². The Labute approximate surface area is 147 Å². The van der Waals surface area contributed by atoms with E-state index in [-0.39, 0.29) is 17.9 Å². The van der Waals surface area contributed by atoms with E-state index < -0.39 is 6.04 Å². The van der Waals surface area contributed by atoms with E-state index in [4.69, 9.17) is 0 Å². The molecule has 0 spiro atoms. The summed E-state index contributed by atoms with van der Waals surface area (Å²) in [6, 6.07) is 8.90. The molecule has 1 fully saturated rings. The summed E-state index contributed by atoms with van der Waals surface area (Å²) in [7, 11) is 0. The fourth-order valence-electron chi connectivity index (χ4n) is 3.29. The molecule has 6 heteroatoms. The number of likely N-dealkylation sites (tertiary alicyclic amines) is 1. The Kier molecular flexibility index (Phi) is 5.48. The first-order valence-electron chi connectivity index (χ1n) is 8.75. The average molecular weight is 340 g/mol. The number of piperidine rings is 1. The summed E-state index contributed by atoms with van der Waals surface area (Å²) >= 11 is 0. The summed E-state index contributed by atoms with van der Waals surface area (Å²) in [4.78, 5) is 31.1. The van der Waals surface area contributed by atoms with Gasteiger partial charge in [-0.05, 0) is 25.3 Å². The van der Waals surface area contributed by atoms with E-state index in [1.165, 1.54) is 0 Å². The second kappa shape index (κ2) is 7.96. The van der Waals surface area contributed by atoms with Crippen molar-refractivity contribution >= 4 is 11.8 Å². The lowest BCUT2D eigenvalue weighted by Gasteiger charge is -2.34. The van der Waals surface area contributed by atoms with E-state index in [0.29, 0.717) is 19.5 Å². The van der Waals surface area contributed by atoms with Crippen LogP contribution in [0.15, 0.2) is 49.1 Å². The van der Waals surface area contributed by atoms with Crippen LogP contribution in [0, 0.1) is 0 Å². The van der Waals surface area contributed by atoms with Gasteiger partial charge >= 0.3 is 0 Å². The summed E-state index contributed by atoms with van der Waals surface area (Å²) in [6.07, 6.45) is 7.66. The Balaban J connectivity index is 1.76. The molecule has 1 N–H and O–H groups in total. The highest BCUT2D eigenvalue weighted by atomic mass is 16.2. The maximum Gasteiger partial charge on any atom is 0.247 e. The lowest BCUT2D eigenvalue weighted by molar-refractivity contribution is -0.143. The predicted molar refractivity (Wildman–Crippen MR) is 94.6 cm³/mol. The van der Waals surface area contributed by atoms with Crippen LogP contribution in [0.2, 0.25) is 0 Å². The molecule has 6 nitrogen and oxygen atoms in total. The molecule has 2 unspecified atom stereocenters. The SMILES string of the molecule is CC(Cn1ccnc1)NC(=O)C(c1ccccc1)N1CCCCC1=O. The first-order chi connectivity index (χ1) is 12.1. The first kappa shape index (κ1) is 17.2. The number of rotatable bonds is 6. The van der Waals surface area contributed by atoms with Crippen LogP contribution in [0.5, 0.6) is 0 Å². The van der Waals surface area contributed by atoms with Crippen LogP contribution >= 0.6 is 0 Å². The normalized spacial score (nSPS) is 17.2. The molecule has 25 heavy (non-hydrogen) atoms. The maximum atomic E-state index is 13.0. The van der Waals surface area contributed by atoms with Crippen LogP contribution in [-0.4, -0.2) is 38.9 Å². The molecule has 1 aliphatic heterocycles. The van der Waals surface area contributed by atoms with Crippen molar-refractivity contribution in [3.63, 3.8) is 0 Å². The van der Waals surface area contributed by atoms with E-state index >= 15 is 0 Å². The number of aromatic nitrogens is 2. The fraction of sp³-hybridized carbons (Fsp3) is 0.421. The number of amides is 2. The van der Waals surface area contributed by atoms with Crippen molar-refractivity contribution in [2.45, 2.75) is 44.8 Å². The Morgan fingerprint density at radius 3 is 2.76 bits per heavy atom. The molecule has 3 rings (SSSR count). The van der Waals surface area contributed by atoms with Crippen LogP contribution in [0.4, 0.5) is 0 Å². The van der Waals surface area contributed by atoms with Gasteiger partial charge in [0.2, 0.25) is 11.8 Å². The molecule has 1 aromatic heterocycles. The van der Waals surface area contributed by atoms with E-state index in [0.717, 1.165) is 18.4 Å². The van der Waals surface area contributed by atoms with Crippen molar-refractivity contribution in [2.24, 2.45) is 0 Å². The van der Waals surface area contributed by atoms with Crippen LogP contribution in [0.25, 0.3) is 0 Å². The Morgan fingerprint density at radius 1 is 1.28 bits per heavy atom. The number of carbonyl (C=O) groups is 2. The molecule has 2 amide bonds. The summed E-state index contributed by atoms with van der Waals surface area (Å²) in [5, 5.41) is 3.05. The van der Waals surface area contributed by atoms with Gasteiger partial charge in [0.25, 0.3) is 0 Å². The minimum absolute atomic E-state index is 0.0533. The zero-order valence-corrected chi connectivity index (χ0v) is 14.5. The highest BCUT2D eigenvalue weighted by Crippen LogP contribution is 2.26. The van der Waals surface area contributed by atoms with E-state index in [2.05, 4.69) is 10.3 Å². The molecule has 0 aliphatic carbocycles. The van der Waals surface area contributed by atoms with Gasteiger partial charge in [-0.15, -0.1) is 0 Å². The molecule has 2 heterocycles. The second-order valence-corrected chi connectivity index (χ2v) is 6.53. The van der Waals surface area contributed by atoms with Gasteiger partial charge in [-0.3, -0.25) is 9.59 Å². The minimum Gasteiger partial charge on any atom is -0.350 e. The molecule has 0 radical (unpaired) electrons. The summed E-state index contributed by atoms with van der Waals surface area (Å²) in [5.41, 5.74) is 0.852. The van der Waals surface area contributed by atoms with Gasteiger partial charge < -0.3 is 14.8 Å². The molecule has 1 aromatic carbocycles. The van der Waals surface area contributed by atoms with E-state index in [9.17, 15) is 9.59 Å². The van der Waals surface area contributed by atoms with Gasteiger partial charge in [0.1, 0.15) is 6.04 Å². The van der Waals surface area contributed by atoms with Crippen LogP contribution in [0.1, 0.15) is 37.8 Å². The quantitative estimate of drug-likeness (QED) is 0.876. The van der Waals surface area contributed by atoms with Gasteiger partial charge in [-0.25, -0.2) is 4.98 Å². The molecular weight excluding hydrogens is 316 g/mol. The Morgan fingerprint density at radius 2 is 2.08 bits per heavy atom. The van der Waals surface area contributed by atoms with Gasteiger partial charge in [-0.2, -0.15) is 0 Å². The fourth-order valence-corrected chi connectivity index (χ4v) is 3.29. The zero-order valence-electron chi connectivity index (χ0n) is 14.5. The van der Waals surface area contributed by atoms with Crippen molar-refractivity contribution in [3.05, 3.63) is 54.6 Å². The highest BCUT2D eigenvalue weighted by molar-refractivity contribution is 5.89. The van der Waals surface area contributed by atoms with Crippen molar-refractivity contribution in [2.75, 3.05) is 6.54 Å². The number of nitrogens with zero attached hydrogens (tertiary/aromatic N) is 3. The monoisotopic (exact) mass is 340 g/mol. The molecule has 2 atom stereocenters. The van der Waals surface area contributed by atoms with Gasteiger partial charge in [-0.1, -0.05) is 30.3 Å². The molecule has 2 aromatic rings. The standard InChI is InChI=1S/C19H24N4O2/c1-15(13-22-12-10-20-14-22)21-19(25)18(16-7-3-2-4-8-16)23-11-6-5-9-17(23)24/h2-4,7-8,10,12,14-15,18H,5-6,9,11,13H2,1H3,(H,21,25). The van der Waals surface area contributed by atoms with Crippen molar-refractivity contribution < 1.29 is 9.59 Å². The third kappa shape index (κ3) is 4.26. The molecule has 0 bridgehead atoms. The van der Waals surface area contributed by atoms with Crippen LogP contribution in [-0.2, 0) is 16.1 Å². The maximum absolute atomic E-state index is 13.0. The first-order valence-corrected chi connectivity index (χ1v) is 8.75. The van der Waals surface area contributed by atoms with Gasteiger partial charge in [0.05, 0.1) is 6.33 Å². The van der Waals surface area contributed by atoms with Crippen molar-refractivity contribution in [3.8, 4) is 0 Å². The number of hydrogen-bond acceptors (Lipinski definition) is 3. The average Bonchev–Trinajstić information content (AvgIpc) is 3.10. The molecule has 1 aliphatic rings. The topological polar surface area (TPSA) is 67.2 Å². The Bertz CT molecular complexity index is 699. The lowest BCUT2D eigenvalue weighted by atomic mass is 10.00. The Hall–Kier alpha value is -2.63. The second-order valence-electron chi connectivity index (χ2n) is 6.53. The number of imidazole rings is 1. The van der Waals surface area contributed by atoms with Gasteiger partial charge in [0.15, 0.2) is 0 Å². The summed E-state index contributed by atoms with van der Waals surface area (Å²) < 4.78 is 1.93. The van der Waals surface area contributed by atoms with E-state index in [1.54, 1.807) is 17.4 Å². The zero-order chi connectivity index (χ0) is 17.6. The molecule has 0 saturated carbocycles. The number of benzene rings is 1. The smallest absolute Gasteiger partial charge is 0.247 e. The van der Waals surface area contributed by atoms with Crippen molar-refractivity contribution in [1.29, 1.82) is 0 Å². The molecule has 132 valence electrons. The lowest BCUT2D eigenvalue weighted by Crippen LogP contribution is -2.48. The molecule has 1 saturated heterocycles. The number of carbonyl (C=O) groups excluding carboxylic acids is 2. The number of nitrogens with one attached hydrogen (secondary N) is 1. The number of hydrogen-bond donors (Lipinski definition) is 1. The van der Waals surface area contributed by atoms with E-state index in [1.807, 2.05) is 48.0 Å². The highest BCUT2D eigenvalue weighted by Gasteiger charge is 2.33. The predicted octanol–water partition coefficient (Wildman–Crippen LogP) is 2.14. The third-order valence-electron chi connectivity index (χ3n) is 4.47. The van der Waals surface area contributed by atoms with Crippen LogP contribution < -0.4 is 5.32 Å². The minimum atomic E-state index is -0.570. The van der Waals surface area contributed by atoms with Crippen molar-refractivity contribution in [1.82, 2.24) is 19.8 Å². The molecular formula is C19H24N4O2. The third-order valence-corrected chi connectivity index (χ3v) is 4.47. The summed E-state index contributed by atoms with van der Waals surface area (Å²) in [5.74, 6) is -0.0772. The summed E-state index contributed by atoms with van der Waals surface area (Å²) in [6.45, 7) is 3.22. The van der Waals surface area contributed by atoms with Crippen LogP contribution in [0.3, 0.4) is 0 Å².